The van der Waals surface area contributed by atoms with E-state index in [0.29, 0.717) is 35.8 Å². The first-order chi connectivity index (χ1) is 11.5. The third-order valence-corrected chi connectivity index (χ3v) is 4.64. The van der Waals surface area contributed by atoms with Crippen molar-refractivity contribution in [3.63, 3.8) is 0 Å². The lowest BCUT2D eigenvalue weighted by atomic mass is 10.1. The predicted molar refractivity (Wildman–Crippen MR) is 93.9 cm³/mol. The third kappa shape index (κ3) is 3.00. The van der Waals surface area contributed by atoms with Crippen molar-refractivity contribution in [3.05, 3.63) is 29.5 Å². The summed E-state index contributed by atoms with van der Waals surface area (Å²) in [6.45, 7) is 2.43. The van der Waals surface area contributed by atoms with Crippen molar-refractivity contribution in [2.24, 2.45) is 0 Å². The molecule has 0 radical (unpaired) electrons. The van der Waals surface area contributed by atoms with Gasteiger partial charge < -0.3 is 19.7 Å². The average Bonchev–Trinajstić information content (AvgIpc) is 2.93. The number of methoxy groups -OCH3 is 1. The Morgan fingerprint density at radius 1 is 1.33 bits per heavy atom. The highest BCUT2D eigenvalue weighted by molar-refractivity contribution is 9.09. The standard InChI is InChI=1S/C17H19BrN2O4/c1-10-6-13-16(21)19-12-8-15(24-5-3-4-18)14(23-2)7-11(12)17(22)20(13)9-10/h7-9,13H,3-6H2,1-2H3,(H,19,21)/t13-/m0/s1. The molecule has 1 atom stereocenters. The number of fused-ring (bicyclic) bond motifs is 2. The molecule has 0 aromatic heterocycles. The molecule has 0 unspecified atom stereocenters. The maximum Gasteiger partial charge on any atom is 0.260 e. The molecule has 2 amide bonds. The average molecular weight is 395 g/mol. The zero-order valence-electron chi connectivity index (χ0n) is 13.6. The number of benzene rings is 1. The number of hydrogen-bond donors (Lipinski definition) is 1. The van der Waals surface area contributed by atoms with Crippen LogP contribution in [0.3, 0.4) is 0 Å². The summed E-state index contributed by atoms with van der Waals surface area (Å²) >= 11 is 3.35. The fraction of sp³-hybridized carbons (Fsp3) is 0.412. The molecule has 0 aliphatic carbocycles. The molecule has 128 valence electrons. The zero-order valence-corrected chi connectivity index (χ0v) is 15.2. The smallest absolute Gasteiger partial charge is 0.260 e. The number of amides is 2. The fourth-order valence-corrected chi connectivity index (χ4v) is 3.14. The van der Waals surface area contributed by atoms with Gasteiger partial charge in [-0.15, -0.1) is 0 Å². The van der Waals surface area contributed by atoms with Gasteiger partial charge in [-0.2, -0.15) is 0 Å². The van der Waals surface area contributed by atoms with Crippen LogP contribution < -0.4 is 14.8 Å². The Kier molecular flexibility index (Phi) is 4.80. The Balaban J connectivity index is 1.99. The third-order valence-electron chi connectivity index (χ3n) is 4.08. The number of rotatable bonds is 5. The number of halogens is 1. The van der Waals surface area contributed by atoms with Crippen molar-refractivity contribution in [2.45, 2.75) is 25.8 Å². The van der Waals surface area contributed by atoms with Gasteiger partial charge in [-0.05, 0) is 25.8 Å². The van der Waals surface area contributed by atoms with E-state index in [1.807, 2.05) is 6.92 Å². The predicted octanol–water partition coefficient (Wildman–Crippen LogP) is 2.93. The number of nitrogens with zero attached hydrogens (tertiary/aromatic N) is 1. The van der Waals surface area contributed by atoms with Gasteiger partial charge in [0, 0.05) is 17.6 Å². The van der Waals surface area contributed by atoms with Gasteiger partial charge in [0.15, 0.2) is 11.5 Å². The van der Waals surface area contributed by atoms with Crippen LogP contribution in [0.2, 0.25) is 0 Å². The quantitative estimate of drug-likeness (QED) is 0.615. The van der Waals surface area contributed by atoms with Crippen LogP contribution in [-0.4, -0.2) is 41.8 Å². The molecule has 0 saturated heterocycles. The first-order valence-electron chi connectivity index (χ1n) is 7.76. The van der Waals surface area contributed by atoms with E-state index in [4.69, 9.17) is 9.47 Å². The monoisotopic (exact) mass is 394 g/mol. The summed E-state index contributed by atoms with van der Waals surface area (Å²) in [5.74, 6) is 0.589. The first kappa shape index (κ1) is 16.8. The minimum atomic E-state index is -0.492. The molecule has 1 aromatic carbocycles. The molecule has 2 aliphatic rings. The minimum Gasteiger partial charge on any atom is -0.493 e. The number of nitrogens with one attached hydrogen (secondary N) is 1. The lowest BCUT2D eigenvalue weighted by Gasteiger charge is -2.19. The summed E-state index contributed by atoms with van der Waals surface area (Å²) in [7, 11) is 1.53. The Morgan fingerprint density at radius 3 is 2.83 bits per heavy atom. The number of ether oxygens (including phenoxy) is 2. The van der Waals surface area contributed by atoms with Crippen LogP contribution in [0.5, 0.6) is 11.5 Å². The summed E-state index contributed by atoms with van der Waals surface area (Å²) in [6, 6.07) is 2.80. The summed E-state index contributed by atoms with van der Waals surface area (Å²) in [4.78, 5) is 26.8. The van der Waals surface area contributed by atoms with Gasteiger partial charge >= 0.3 is 0 Å². The Morgan fingerprint density at radius 2 is 2.12 bits per heavy atom. The largest absolute Gasteiger partial charge is 0.493 e. The molecule has 2 heterocycles. The van der Waals surface area contributed by atoms with Crippen molar-refractivity contribution in [1.29, 1.82) is 0 Å². The Labute approximate surface area is 148 Å². The Bertz CT molecular complexity index is 717. The second kappa shape index (κ2) is 6.84. The van der Waals surface area contributed by atoms with Gasteiger partial charge in [-0.1, -0.05) is 21.5 Å². The highest BCUT2D eigenvalue weighted by atomic mass is 79.9. The lowest BCUT2D eigenvalue weighted by Crippen LogP contribution is -2.38. The molecular formula is C17H19BrN2O4. The molecule has 7 heteroatoms. The topological polar surface area (TPSA) is 67.9 Å². The van der Waals surface area contributed by atoms with Crippen molar-refractivity contribution in [1.82, 2.24) is 4.90 Å². The highest BCUT2D eigenvalue weighted by Gasteiger charge is 2.38. The molecule has 3 rings (SSSR count). The lowest BCUT2D eigenvalue weighted by molar-refractivity contribution is -0.119. The van der Waals surface area contributed by atoms with Crippen LogP contribution in [0.15, 0.2) is 23.9 Å². The molecule has 0 saturated carbocycles. The molecule has 0 spiro atoms. The van der Waals surface area contributed by atoms with Crippen LogP contribution in [0, 0.1) is 0 Å². The molecule has 1 aromatic rings. The normalized spacial score (nSPS) is 19.2. The van der Waals surface area contributed by atoms with E-state index < -0.39 is 6.04 Å². The molecule has 24 heavy (non-hydrogen) atoms. The minimum absolute atomic E-state index is 0.188. The second-order valence-corrected chi connectivity index (χ2v) is 6.63. The number of hydrogen-bond acceptors (Lipinski definition) is 4. The van der Waals surface area contributed by atoms with E-state index in [1.165, 1.54) is 12.0 Å². The highest BCUT2D eigenvalue weighted by Crippen LogP contribution is 2.37. The summed E-state index contributed by atoms with van der Waals surface area (Å²) in [6.07, 6.45) is 3.14. The zero-order chi connectivity index (χ0) is 17.3. The summed E-state index contributed by atoms with van der Waals surface area (Å²) < 4.78 is 11.1. The van der Waals surface area contributed by atoms with E-state index in [2.05, 4.69) is 21.2 Å². The van der Waals surface area contributed by atoms with E-state index in [9.17, 15) is 9.59 Å². The van der Waals surface area contributed by atoms with E-state index in [-0.39, 0.29) is 11.8 Å². The van der Waals surface area contributed by atoms with Crippen molar-refractivity contribution in [3.8, 4) is 11.5 Å². The van der Waals surface area contributed by atoms with E-state index in [0.717, 1.165) is 17.3 Å². The maximum absolute atomic E-state index is 12.8. The molecule has 6 nitrogen and oxygen atoms in total. The van der Waals surface area contributed by atoms with Crippen molar-refractivity contribution >= 4 is 33.4 Å². The van der Waals surface area contributed by atoms with E-state index >= 15 is 0 Å². The van der Waals surface area contributed by atoms with Gasteiger partial charge in [0.2, 0.25) is 5.91 Å². The number of anilines is 1. The molecule has 2 aliphatic heterocycles. The molecular weight excluding hydrogens is 376 g/mol. The van der Waals surface area contributed by atoms with E-state index in [1.54, 1.807) is 18.3 Å². The number of carbonyl (C=O) groups excluding carboxylic acids is 2. The molecule has 1 N–H and O–H groups in total. The second-order valence-electron chi connectivity index (χ2n) is 5.84. The SMILES string of the molecule is COc1cc2c(cc1OCCCBr)NC(=O)[C@@H]1CC(C)=CN1C2=O. The number of carbonyl (C=O) groups is 2. The van der Waals surface area contributed by atoms with Gasteiger partial charge in [0.05, 0.1) is 25.0 Å². The van der Waals surface area contributed by atoms with Crippen LogP contribution in [0.1, 0.15) is 30.1 Å². The van der Waals surface area contributed by atoms with Crippen LogP contribution in [-0.2, 0) is 4.79 Å². The van der Waals surface area contributed by atoms with Gasteiger partial charge in [-0.25, -0.2) is 0 Å². The van der Waals surface area contributed by atoms with Crippen molar-refractivity contribution in [2.75, 3.05) is 24.4 Å². The first-order valence-corrected chi connectivity index (χ1v) is 8.89. The summed E-state index contributed by atoms with van der Waals surface area (Å²) in [5, 5.41) is 3.68. The van der Waals surface area contributed by atoms with Crippen molar-refractivity contribution < 1.29 is 19.1 Å². The van der Waals surface area contributed by atoms with Gasteiger partial charge in [0.25, 0.3) is 5.91 Å². The molecule has 0 fully saturated rings. The van der Waals surface area contributed by atoms with Crippen LogP contribution in [0.4, 0.5) is 5.69 Å². The van der Waals surface area contributed by atoms with Gasteiger partial charge in [0.1, 0.15) is 6.04 Å². The van der Waals surface area contributed by atoms with Crippen LogP contribution in [0.25, 0.3) is 0 Å². The van der Waals surface area contributed by atoms with Crippen LogP contribution >= 0.6 is 15.9 Å². The number of alkyl halides is 1. The summed E-state index contributed by atoms with van der Waals surface area (Å²) in [5.41, 5.74) is 1.87. The fourth-order valence-electron chi connectivity index (χ4n) is 2.91. The molecule has 0 bridgehead atoms. The van der Waals surface area contributed by atoms with Gasteiger partial charge in [-0.3, -0.25) is 9.59 Å². The maximum atomic E-state index is 12.8. The Hall–Kier alpha value is -2.02.